The van der Waals surface area contributed by atoms with E-state index < -0.39 is 0 Å². The molecule has 0 aliphatic carbocycles. The number of nitrogens with zero attached hydrogens (tertiary/aromatic N) is 1. The third kappa shape index (κ3) is 4.06. The molecule has 0 saturated carbocycles. The zero-order chi connectivity index (χ0) is 15.1. The summed E-state index contributed by atoms with van der Waals surface area (Å²) < 4.78 is 10.8. The van der Waals surface area contributed by atoms with Gasteiger partial charge in [-0.05, 0) is 31.7 Å². The van der Waals surface area contributed by atoms with Crippen molar-refractivity contribution in [3.8, 4) is 11.5 Å². The molecule has 0 aromatic heterocycles. The molecular weight excluding hydrogens is 276 g/mol. The lowest BCUT2D eigenvalue weighted by molar-refractivity contribution is 0.207. The quantitative estimate of drug-likeness (QED) is 0.706. The van der Waals surface area contributed by atoms with Crippen LogP contribution in [0.3, 0.4) is 0 Å². The fourth-order valence-electron chi connectivity index (χ4n) is 2.05. The van der Waals surface area contributed by atoms with E-state index in [9.17, 15) is 0 Å². The maximum atomic E-state index is 9.06. The highest BCUT2D eigenvalue weighted by Gasteiger charge is 2.21. The van der Waals surface area contributed by atoms with Gasteiger partial charge in [-0.1, -0.05) is 18.3 Å². The number of hydrogen-bond donors (Lipinski definition) is 2. The van der Waals surface area contributed by atoms with Crippen LogP contribution in [0.1, 0.15) is 18.5 Å². The average molecular weight is 298 g/mol. The van der Waals surface area contributed by atoms with Crippen LogP contribution in [-0.4, -0.2) is 48.9 Å². The van der Waals surface area contributed by atoms with Crippen LogP contribution in [-0.2, 0) is 0 Å². The lowest BCUT2D eigenvalue weighted by Crippen LogP contribution is -2.35. The van der Waals surface area contributed by atoms with E-state index in [2.05, 4.69) is 0 Å². The summed E-state index contributed by atoms with van der Waals surface area (Å²) in [5, 5.41) is 9.06. The number of hydrogen-bond acceptors (Lipinski definition) is 5. The van der Waals surface area contributed by atoms with E-state index in [-0.39, 0.29) is 12.6 Å². The number of likely N-dealkylation sites (N-methyl/N-ethyl adjacent to an activating group) is 1. The van der Waals surface area contributed by atoms with E-state index in [4.69, 9.17) is 32.5 Å². The Morgan fingerprint density at radius 2 is 2.15 bits per heavy atom. The zero-order valence-electron chi connectivity index (χ0n) is 12.1. The summed E-state index contributed by atoms with van der Waals surface area (Å²) in [5.41, 5.74) is 6.74. The van der Waals surface area contributed by atoms with E-state index >= 15 is 0 Å². The number of rotatable bonds is 8. The highest BCUT2D eigenvalue weighted by atomic mass is 32.1. The molecule has 20 heavy (non-hydrogen) atoms. The van der Waals surface area contributed by atoms with Gasteiger partial charge in [0.15, 0.2) is 11.5 Å². The number of ether oxygens (including phenoxy) is 2. The topological polar surface area (TPSA) is 68.0 Å². The Morgan fingerprint density at radius 3 is 2.65 bits per heavy atom. The number of methoxy groups -OCH3 is 1. The maximum Gasteiger partial charge on any atom is 0.161 e. The van der Waals surface area contributed by atoms with Gasteiger partial charge in [0.2, 0.25) is 0 Å². The zero-order valence-corrected chi connectivity index (χ0v) is 12.9. The number of benzene rings is 1. The molecule has 0 heterocycles. The van der Waals surface area contributed by atoms with Gasteiger partial charge in [-0.2, -0.15) is 0 Å². The van der Waals surface area contributed by atoms with Crippen molar-refractivity contribution in [3.63, 3.8) is 0 Å². The van der Waals surface area contributed by atoms with Gasteiger partial charge < -0.3 is 20.3 Å². The normalized spacial score (nSPS) is 12.2. The van der Waals surface area contributed by atoms with Gasteiger partial charge in [0, 0.05) is 6.54 Å². The molecule has 0 aliphatic rings. The van der Waals surface area contributed by atoms with Gasteiger partial charge in [0.25, 0.3) is 0 Å². The molecule has 6 heteroatoms. The minimum Gasteiger partial charge on any atom is -0.493 e. The van der Waals surface area contributed by atoms with Crippen LogP contribution in [0, 0.1) is 0 Å². The summed E-state index contributed by atoms with van der Waals surface area (Å²) in [4.78, 5) is 2.25. The Morgan fingerprint density at radius 1 is 1.45 bits per heavy atom. The van der Waals surface area contributed by atoms with Crippen molar-refractivity contribution in [3.05, 3.63) is 23.8 Å². The van der Waals surface area contributed by atoms with Crippen molar-refractivity contribution in [1.29, 1.82) is 0 Å². The molecule has 1 aromatic rings. The van der Waals surface area contributed by atoms with Crippen LogP contribution in [0.5, 0.6) is 11.5 Å². The predicted octanol–water partition coefficient (Wildman–Crippen LogP) is 1.35. The monoisotopic (exact) mass is 298 g/mol. The lowest BCUT2D eigenvalue weighted by atomic mass is 10.0. The number of aliphatic hydroxyl groups excluding tert-OH is 1. The molecule has 0 amide bonds. The van der Waals surface area contributed by atoms with Crippen LogP contribution in [0.25, 0.3) is 0 Å². The molecule has 0 saturated heterocycles. The summed E-state index contributed by atoms with van der Waals surface area (Å²) in [6.45, 7) is 3.01. The van der Waals surface area contributed by atoms with Gasteiger partial charge in [-0.25, -0.2) is 0 Å². The number of aliphatic hydroxyl groups is 1. The summed E-state index contributed by atoms with van der Waals surface area (Å²) in [7, 11) is 3.46. The Labute approximate surface area is 125 Å². The van der Waals surface area contributed by atoms with Gasteiger partial charge in [0.05, 0.1) is 31.4 Å². The first kappa shape index (κ1) is 16.7. The molecule has 5 nitrogen and oxygen atoms in total. The Hall–Kier alpha value is -1.37. The highest BCUT2D eigenvalue weighted by molar-refractivity contribution is 7.80. The van der Waals surface area contributed by atoms with Gasteiger partial charge >= 0.3 is 0 Å². The van der Waals surface area contributed by atoms with E-state index in [0.717, 1.165) is 5.56 Å². The Bertz CT molecular complexity index is 454. The average Bonchev–Trinajstić information content (AvgIpc) is 2.40. The first-order chi connectivity index (χ1) is 9.54. The molecule has 0 bridgehead atoms. The SMILES string of the molecule is CCOc1ccc(C(C(N)=S)N(C)CCO)cc1OC. The number of thiocarbonyl (C=S) groups is 1. The predicted molar refractivity (Wildman–Crippen MR) is 83.4 cm³/mol. The summed E-state index contributed by atoms with van der Waals surface area (Å²) in [6, 6.07) is 5.37. The molecule has 0 radical (unpaired) electrons. The highest BCUT2D eigenvalue weighted by Crippen LogP contribution is 2.32. The van der Waals surface area contributed by atoms with E-state index in [1.807, 2.05) is 37.1 Å². The van der Waals surface area contributed by atoms with Gasteiger partial charge in [0.1, 0.15) is 0 Å². The molecule has 112 valence electrons. The first-order valence-corrected chi connectivity index (χ1v) is 6.87. The van der Waals surface area contributed by atoms with E-state index in [1.165, 1.54) is 0 Å². The smallest absolute Gasteiger partial charge is 0.161 e. The second-order valence-electron chi connectivity index (χ2n) is 4.35. The van der Waals surface area contributed by atoms with Crippen LogP contribution in [0.2, 0.25) is 0 Å². The minimum atomic E-state index is -0.248. The van der Waals surface area contributed by atoms with Gasteiger partial charge in [-0.15, -0.1) is 0 Å². The molecule has 1 atom stereocenters. The first-order valence-electron chi connectivity index (χ1n) is 6.46. The fraction of sp³-hybridized carbons (Fsp3) is 0.500. The van der Waals surface area contributed by atoms with Crippen molar-refractivity contribution in [1.82, 2.24) is 4.90 Å². The van der Waals surface area contributed by atoms with Crippen molar-refractivity contribution in [2.75, 3.05) is 33.9 Å². The van der Waals surface area contributed by atoms with Crippen molar-refractivity contribution in [2.45, 2.75) is 13.0 Å². The second-order valence-corrected chi connectivity index (χ2v) is 4.82. The lowest BCUT2D eigenvalue weighted by Gasteiger charge is -2.27. The molecule has 0 spiro atoms. The van der Waals surface area contributed by atoms with Crippen LogP contribution < -0.4 is 15.2 Å². The maximum absolute atomic E-state index is 9.06. The van der Waals surface area contributed by atoms with E-state index in [0.29, 0.717) is 29.6 Å². The Balaban J connectivity index is 3.11. The Kier molecular flexibility index (Phi) is 6.70. The fourth-order valence-corrected chi connectivity index (χ4v) is 2.37. The van der Waals surface area contributed by atoms with Crippen LogP contribution in [0.15, 0.2) is 18.2 Å². The molecule has 1 aromatic carbocycles. The second kappa shape index (κ2) is 8.04. The van der Waals surface area contributed by atoms with Gasteiger partial charge in [-0.3, -0.25) is 4.90 Å². The summed E-state index contributed by atoms with van der Waals surface area (Å²) in [6.07, 6.45) is 0. The standard InChI is InChI=1S/C14H22N2O3S/c1-4-19-11-6-5-10(9-12(11)18-3)13(14(15)20)16(2)7-8-17/h5-6,9,13,17H,4,7-8H2,1-3H3,(H2,15,20). The molecule has 1 unspecified atom stereocenters. The summed E-state index contributed by atoms with van der Waals surface area (Å²) in [5.74, 6) is 1.33. The number of nitrogens with two attached hydrogens (primary N) is 1. The van der Waals surface area contributed by atoms with Crippen molar-refractivity contribution < 1.29 is 14.6 Å². The van der Waals surface area contributed by atoms with Crippen molar-refractivity contribution >= 4 is 17.2 Å². The third-order valence-corrected chi connectivity index (χ3v) is 3.19. The molecule has 3 N–H and O–H groups in total. The van der Waals surface area contributed by atoms with Crippen LogP contribution in [0.4, 0.5) is 0 Å². The largest absolute Gasteiger partial charge is 0.493 e. The van der Waals surface area contributed by atoms with E-state index in [1.54, 1.807) is 7.11 Å². The third-order valence-electron chi connectivity index (χ3n) is 2.97. The summed E-state index contributed by atoms with van der Waals surface area (Å²) >= 11 is 5.14. The molecule has 0 fully saturated rings. The molecular formula is C14H22N2O3S. The van der Waals surface area contributed by atoms with Crippen molar-refractivity contribution in [2.24, 2.45) is 5.73 Å². The van der Waals surface area contributed by atoms with Crippen LogP contribution >= 0.6 is 12.2 Å². The minimum absolute atomic E-state index is 0.0454. The molecule has 0 aliphatic heterocycles. The molecule has 1 rings (SSSR count).